The Morgan fingerprint density at radius 2 is 1.87 bits per heavy atom. The van der Waals surface area contributed by atoms with E-state index < -0.39 is 11.5 Å². The van der Waals surface area contributed by atoms with Crippen molar-refractivity contribution in [2.45, 2.75) is 26.9 Å². The van der Waals surface area contributed by atoms with Crippen molar-refractivity contribution in [1.82, 2.24) is 0 Å². The highest BCUT2D eigenvalue weighted by atomic mass is 35.5. The van der Waals surface area contributed by atoms with E-state index in [2.05, 4.69) is 0 Å². The first-order valence-corrected chi connectivity index (χ1v) is 5.18. The number of hydrogen-bond acceptors (Lipinski definition) is 2. The number of carbonyl (C=O) groups is 1. The molecule has 0 fully saturated rings. The number of benzene rings is 1. The van der Waals surface area contributed by atoms with Gasteiger partial charge in [0.15, 0.2) is 5.78 Å². The molecule has 1 unspecified atom stereocenters. The largest absolute Gasteiger partial charge is 0.384 e. The number of rotatable bonds is 2. The molecule has 0 heterocycles. The summed E-state index contributed by atoms with van der Waals surface area (Å²) >= 11 is 5.88. The predicted octanol–water partition coefficient (Wildman–Crippen LogP) is 2.93. The van der Waals surface area contributed by atoms with E-state index in [1.165, 1.54) is 0 Å². The van der Waals surface area contributed by atoms with Gasteiger partial charge in [0.05, 0.1) is 5.02 Å². The summed E-state index contributed by atoms with van der Waals surface area (Å²) in [5, 5.41) is 10.2. The maximum absolute atomic E-state index is 11.9. The van der Waals surface area contributed by atoms with Gasteiger partial charge in [-0.1, -0.05) is 44.5 Å². The number of halogens is 1. The monoisotopic (exact) mass is 226 g/mol. The van der Waals surface area contributed by atoms with Gasteiger partial charge in [-0.15, -0.1) is 0 Å². The lowest BCUT2D eigenvalue weighted by Gasteiger charge is -2.24. The Morgan fingerprint density at radius 1 is 1.33 bits per heavy atom. The summed E-state index contributed by atoms with van der Waals surface area (Å²) in [5.41, 5.74) is -0.0995. The summed E-state index contributed by atoms with van der Waals surface area (Å²) in [7, 11) is 0. The van der Waals surface area contributed by atoms with Gasteiger partial charge in [-0.05, 0) is 17.5 Å². The van der Waals surface area contributed by atoms with Crippen LogP contribution in [0.3, 0.4) is 0 Å². The second-order valence-electron chi connectivity index (χ2n) is 4.61. The fourth-order valence-electron chi connectivity index (χ4n) is 1.20. The summed E-state index contributed by atoms with van der Waals surface area (Å²) < 4.78 is 0. The highest BCUT2D eigenvalue weighted by molar-refractivity contribution is 6.34. The minimum Gasteiger partial charge on any atom is -0.384 e. The zero-order chi connectivity index (χ0) is 11.6. The Hall–Kier alpha value is -0.860. The lowest BCUT2D eigenvalue weighted by atomic mass is 9.84. The molecular formula is C12H15ClO2. The van der Waals surface area contributed by atoms with Crippen LogP contribution in [0.1, 0.15) is 31.1 Å². The zero-order valence-corrected chi connectivity index (χ0v) is 9.88. The van der Waals surface area contributed by atoms with Crippen LogP contribution in [0.2, 0.25) is 5.02 Å². The minimum absolute atomic E-state index is 0.326. The predicted molar refractivity (Wildman–Crippen MR) is 61.2 cm³/mol. The summed E-state index contributed by atoms with van der Waals surface area (Å²) in [4.78, 5) is 11.9. The topological polar surface area (TPSA) is 37.3 Å². The molecule has 82 valence electrons. The van der Waals surface area contributed by atoms with E-state index >= 15 is 0 Å². The molecule has 0 aromatic heterocycles. The molecule has 15 heavy (non-hydrogen) atoms. The van der Waals surface area contributed by atoms with E-state index in [1.54, 1.807) is 24.3 Å². The molecule has 1 rings (SSSR count). The number of Topliss-reactive ketones (excluding diaryl/α,β-unsaturated/α-hetero) is 1. The molecule has 0 saturated carbocycles. The van der Waals surface area contributed by atoms with Gasteiger partial charge in [-0.2, -0.15) is 0 Å². The number of aliphatic hydroxyl groups excluding tert-OH is 1. The standard InChI is InChI=1S/C12H15ClO2/c1-12(2,3)11(15)10(14)8-6-4-5-7-9(8)13/h4-7,11,15H,1-3H3. The Balaban J connectivity index is 3.01. The van der Waals surface area contributed by atoms with Crippen molar-refractivity contribution in [1.29, 1.82) is 0 Å². The SMILES string of the molecule is CC(C)(C)C(O)C(=O)c1ccccc1Cl. The molecular weight excluding hydrogens is 212 g/mol. The van der Waals surface area contributed by atoms with Gasteiger partial charge < -0.3 is 5.11 Å². The summed E-state index contributed by atoms with van der Waals surface area (Å²) in [6, 6.07) is 6.75. The fraction of sp³-hybridized carbons (Fsp3) is 0.417. The van der Waals surface area contributed by atoms with Gasteiger partial charge in [0.1, 0.15) is 6.10 Å². The van der Waals surface area contributed by atoms with Gasteiger partial charge in [-0.25, -0.2) is 0 Å². The smallest absolute Gasteiger partial charge is 0.193 e. The van der Waals surface area contributed by atoms with Gasteiger partial charge in [0.25, 0.3) is 0 Å². The third kappa shape index (κ3) is 2.80. The lowest BCUT2D eigenvalue weighted by Crippen LogP contribution is -2.34. The number of hydrogen-bond donors (Lipinski definition) is 1. The van der Waals surface area contributed by atoms with Crippen LogP contribution in [0.15, 0.2) is 24.3 Å². The fourth-order valence-corrected chi connectivity index (χ4v) is 1.43. The molecule has 1 N–H and O–H groups in total. The first-order chi connectivity index (χ1) is 6.84. The van der Waals surface area contributed by atoms with Crippen molar-refractivity contribution in [2.24, 2.45) is 5.41 Å². The van der Waals surface area contributed by atoms with Crippen LogP contribution in [-0.4, -0.2) is 17.0 Å². The second kappa shape index (κ2) is 4.33. The van der Waals surface area contributed by atoms with Gasteiger partial charge >= 0.3 is 0 Å². The Bertz CT molecular complexity index is 366. The minimum atomic E-state index is -1.03. The highest BCUT2D eigenvalue weighted by Gasteiger charge is 2.30. The molecule has 0 aliphatic rings. The molecule has 0 saturated heterocycles. The second-order valence-corrected chi connectivity index (χ2v) is 5.02. The van der Waals surface area contributed by atoms with E-state index in [1.807, 2.05) is 20.8 Å². The summed E-state index contributed by atoms with van der Waals surface area (Å²) in [6.45, 7) is 5.44. The van der Waals surface area contributed by atoms with Crippen molar-refractivity contribution < 1.29 is 9.90 Å². The Labute approximate surface area is 94.9 Å². The highest BCUT2D eigenvalue weighted by Crippen LogP contribution is 2.25. The van der Waals surface area contributed by atoms with Gasteiger partial charge in [0, 0.05) is 5.56 Å². The summed E-state index contributed by atoms with van der Waals surface area (Å²) in [6.07, 6.45) is -1.03. The molecule has 1 aromatic rings. The van der Waals surface area contributed by atoms with E-state index in [0.717, 1.165) is 0 Å². The molecule has 3 heteroatoms. The van der Waals surface area contributed by atoms with Crippen LogP contribution < -0.4 is 0 Å². The quantitative estimate of drug-likeness (QED) is 0.788. The number of ketones is 1. The van der Waals surface area contributed by atoms with Crippen molar-refractivity contribution in [3.63, 3.8) is 0 Å². The molecule has 0 aliphatic heterocycles. The molecule has 0 spiro atoms. The first-order valence-electron chi connectivity index (χ1n) is 4.81. The number of carbonyl (C=O) groups excluding carboxylic acids is 1. The van der Waals surface area contributed by atoms with Crippen LogP contribution in [0.25, 0.3) is 0 Å². The van der Waals surface area contributed by atoms with Crippen molar-refractivity contribution >= 4 is 17.4 Å². The summed E-state index contributed by atoms with van der Waals surface area (Å²) in [5.74, 6) is -0.326. The van der Waals surface area contributed by atoms with E-state index in [-0.39, 0.29) is 5.78 Å². The maximum Gasteiger partial charge on any atom is 0.193 e. The number of aliphatic hydroxyl groups is 1. The van der Waals surface area contributed by atoms with Crippen LogP contribution in [0, 0.1) is 5.41 Å². The average molecular weight is 227 g/mol. The van der Waals surface area contributed by atoms with Crippen LogP contribution >= 0.6 is 11.6 Å². The van der Waals surface area contributed by atoms with Crippen LogP contribution in [0.5, 0.6) is 0 Å². The first kappa shape index (κ1) is 12.2. The third-order valence-corrected chi connectivity index (χ3v) is 2.54. The van der Waals surface area contributed by atoms with Gasteiger partial charge in [0.2, 0.25) is 0 Å². The molecule has 0 radical (unpaired) electrons. The van der Waals surface area contributed by atoms with Crippen molar-refractivity contribution in [3.05, 3.63) is 34.9 Å². The molecule has 0 amide bonds. The van der Waals surface area contributed by atoms with Crippen LogP contribution in [-0.2, 0) is 0 Å². The van der Waals surface area contributed by atoms with Gasteiger partial charge in [-0.3, -0.25) is 4.79 Å². The van der Waals surface area contributed by atoms with Crippen LogP contribution in [0.4, 0.5) is 0 Å². The Morgan fingerprint density at radius 3 is 2.33 bits per heavy atom. The normalized spacial score (nSPS) is 13.7. The average Bonchev–Trinajstić information content (AvgIpc) is 2.15. The lowest BCUT2D eigenvalue weighted by molar-refractivity contribution is 0.0443. The van der Waals surface area contributed by atoms with Crippen molar-refractivity contribution in [3.8, 4) is 0 Å². The molecule has 1 aromatic carbocycles. The van der Waals surface area contributed by atoms with E-state index in [0.29, 0.717) is 10.6 Å². The van der Waals surface area contributed by atoms with Crippen molar-refractivity contribution in [2.75, 3.05) is 0 Å². The molecule has 1 atom stereocenters. The zero-order valence-electron chi connectivity index (χ0n) is 9.12. The molecule has 0 aliphatic carbocycles. The Kier molecular flexibility index (Phi) is 3.53. The third-order valence-electron chi connectivity index (χ3n) is 2.21. The van der Waals surface area contributed by atoms with E-state index in [4.69, 9.17) is 11.6 Å². The molecule has 2 nitrogen and oxygen atoms in total. The maximum atomic E-state index is 11.9. The molecule has 0 bridgehead atoms. The van der Waals surface area contributed by atoms with E-state index in [9.17, 15) is 9.90 Å².